The zero-order valence-electron chi connectivity index (χ0n) is 24.2. The number of nitrogens with one attached hydrogen (secondary N) is 1. The molecule has 3 N–H and O–H groups in total. The minimum atomic E-state index is -3.65. The molecule has 0 saturated heterocycles. The molecular formula is C34H38N2O5S. The Bertz CT molecular complexity index is 1660. The van der Waals surface area contributed by atoms with Crippen LogP contribution in [-0.4, -0.2) is 60.7 Å². The second kappa shape index (κ2) is 13.4. The van der Waals surface area contributed by atoms with Crippen LogP contribution < -0.4 is 5.32 Å². The summed E-state index contributed by atoms with van der Waals surface area (Å²) in [6, 6.07) is 29.3. The summed E-state index contributed by atoms with van der Waals surface area (Å²) in [4.78, 5) is 10.8. The van der Waals surface area contributed by atoms with Gasteiger partial charge in [-0.2, -0.15) is 0 Å². The SMILES string of the molecule is CN(C[C@H](O)CNC(C)(C)Cc1ccc2ccccc2c1)S(=O)(=O)Cc1ccc(-c2cccc(C=CC(=O)O)c2)cc1. The highest BCUT2D eigenvalue weighted by Crippen LogP contribution is 2.23. The smallest absolute Gasteiger partial charge is 0.328 e. The number of carboxylic acid groups (broad SMARTS) is 1. The number of sulfonamides is 1. The van der Waals surface area contributed by atoms with Gasteiger partial charge in [0.05, 0.1) is 11.9 Å². The molecule has 0 heterocycles. The summed E-state index contributed by atoms with van der Waals surface area (Å²) in [5.74, 6) is -1.20. The molecule has 0 fully saturated rings. The molecule has 7 nitrogen and oxygen atoms in total. The fourth-order valence-electron chi connectivity index (χ4n) is 4.89. The third-order valence-electron chi connectivity index (χ3n) is 7.16. The Kier molecular flexibility index (Phi) is 9.96. The Morgan fingerprint density at radius 3 is 2.31 bits per heavy atom. The van der Waals surface area contributed by atoms with Crippen molar-refractivity contribution in [1.82, 2.24) is 9.62 Å². The minimum Gasteiger partial charge on any atom is -0.478 e. The van der Waals surface area contributed by atoms with Gasteiger partial charge in [0.1, 0.15) is 0 Å². The minimum absolute atomic E-state index is 0.0177. The number of aliphatic hydroxyl groups is 1. The number of carboxylic acids is 1. The fraction of sp³-hybridized carbons (Fsp3) is 0.265. The molecule has 0 aliphatic carbocycles. The van der Waals surface area contributed by atoms with E-state index in [1.807, 2.05) is 48.5 Å². The Hall–Kier alpha value is -3.82. The van der Waals surface area contributed by atoms with Gasteiger partial charge >= 0.3 is 5.97 Å². The lowest BCUT2D eigenvalue weighted by Gasteiger charge is -2.29. The van der Waals surface area contributed by atoms with Crippen molar-refractivity contribution in [2.24, 2.45) is 0 Å². The number of nitrogens with zero attached hydrogens (tertiary/aromatic N) is 1. The third kappa shape index (κ3) is 8.84. The van der Waals surface area contributed by atoms with Crippen LogP contribution in [0.4, 0.5) is 0 Å². The van der Waals surface area contributed by atoms with Crippen LogP contribution in [0, 0.1) is 0 Å². The maximum Gasteiger partial charge on any atom is 0.328 e. The van der Waals surface area contributed by atoms with Crippen molar-refractivity contribution in [1.29, 1.82) is 0 Å². The van der Waals surface area contributed by atoms with E-state index >= 15 is 0 Å². The van der Waals surface area contributed by atoms with Crippen molar-refractivity contribution in [3.63, 3.8) is 0 Å². The van der Waals surface area contributed by atoms with Crippen molar-refractivity contribution in [2.45, 2.75) is 37.7 Å². The lowest BCUT2D eigenvalue weighted by molar-refractivity contribution is -0.131. The van der Waals surface area contributed by atoms with Crippen LogP contribution >= 0.6 is 0 Å². The number of rotatable bonds is 13. The lowest BCUT2D eigenvalue weighted by atomic mass is 9.93. The molecule has 0 radical (unpaired) electrons. The van der Waals surface area contributed by atoms with Crippen LogP contribution in [0.1, 0.15) is 30.5 Å². The molecule has 0 aliphatic rings. The van der Waals surface area contributed by atoms with Gasteiger partial charge in [0.25, 0.3) is 0 Å². The number of β-amino-alcohol motifs (C(OH)–C–C–N with tert-alkyl or cyclic N) is 1. The highest BCUT2D eigenvalue weighted by atomic mass is 32.2. The number of hydrogen-bond donors (Lipinski definition) is 3. The van der Waals surface area contributed by atoms with E-state index in [2.05, 4.69) is 49.5 Å². The second-order valence-corrected chi connectivity index (χ2v) is 13.4. The Morgan fingerprint density at radius 2 is 1.60 bits per heavy atom. The van der Waals surface area contributed by atoms with Crippen molar-refractivity contribution in [3.05, 3.63) is 114 Å². The lowest BCUT2D eigenvalue weighted by Crippen LogP contribution is -2.47. The topological polar surface area (TPSA) is 107 Å². The number of carbonyl (C=O) groups is 1. The van der Waals surface area contributed by atoms with Gasteiger partial charge in [-0.15, -0.1) is 0 Å². The molecular weight excluding hydrogens is 548 g/mol. The van der Waals surface area contributed by atoms with Crippen LogP contribution in [0.2, 0.25) is 0 Å². The van der Waals surface area contributed by atoms with Gasteiger partial charge in [-0.25, -0.2) is 17.5 Å². The molecule has 0 unspecified atom stereocenters. The summed E-state index contributed by atoms with van der Waals surface area (Å²) >= 11 is 0. The van der Waals surface area contributed by atoms with E-state index in [4.69, 9.17) is 5.11 Å². The highest BCUT2D eigenvalue weighted by molar-refractivity contribution is 7.88. The van der Waals surface area contributed by atoms with E-state index < -0.39 is 22.1 Å². The predicted octanol–water partition coefficient (Wildman–Crippen LogP) is 5.34. The molecule has 1 atom stereocenters. The average Bonchev–Trinajstić information content (AvgIpc) is 2.95. The van der Waals surface area contributed by atoms with E-state index in [9.17, 15) is 18.3 Å². The van der Waals surface area contributed by atoms with Crippen LogP contribution in [0.25, 0.3) is 28.0 Å². The van der Waals surface area contributed by atoms with Crippen LogP contribution in [0.5, 0.6) is 0 Å². The Balaban J connectivity index is 1.30. The number of aliphatic carboxylic acids is 1. The van der Waals surface area contributed by atoms with Crippen LogP contribution in [0.3, 0.4) is 0 Å². The summed E-state index contributed by atoms with van der Waals surface area (Å²) in [6.07, 6.45) is 2.51. The van der Waals surface area contributed by atoms with Gasteiger partial charge < -0.3 is 15.5 Å². The molecule has 220 valence electrons. The first-order valence-electron chi connectivity index (χ1n) is 13.9. The van der Waals surface area contributed by atoms with Crippen molar-refractivity contribution in [3.8, 4) is 11.1 Å². The molecule has 0 amide bonds. The number of likely N-dealkylation sites (N-methyl/N-ethyl adjacent to an activating group) is 1. The van der Waals surface area contributed by atoms with Gasteiger partial charge in [0.2, 0.25) is 10.0 Å². The first-order chi connectivity index (χ1) is 19.9. The van der Waals surface area contributed by atoms with E-state index in [0.29, 0.717) is 5.56 Å². The monoisotopic (exact) mass is 586 g/mol. The Morgan fingerprint density at radius 1 is 0.905 bits per heavy atom. The first-order valence-corrected chi connectivity index (χ1v) is 15.5. The second-order valence-electron chi connectivity index (χ2n) is 11.3. The molecule has 4 aromatic carbocycles. The number of fused-ring (bicyclic) bond motifs is 1. The quantitative estimate of drug-likeness (QED) is 0.183. The fourth-order valence-corrected chi connectivity index (χ4v) is 6.13. The van der Waals surface area contributed by atoms with Gasteiger partial charge in [0.15, 0.2) is 0 Å². The zero-order chi connectivity index (χ0) is 30.3. The van der Waals surface area contributed by atoms with E-state index in [1.165, 1.54) is 33.8 Å². The standard InChI is InChI=1S/C34H38N2O5S/c1-34(2,21-27-13-17-28-8-4-5-9-30(28)20-27)35-22-32(37)23-36(3)42(40,41)24-26-11-15-29(16-12-26)31-10-6-7-25(19-31)14-18-33(38)39/h4-20,32,35,37H,21-24H2,1-3H3,(H,38,39)/t32-/m1/s1. The summed E-state index contributed by atoms with van der Waals surface area (Å²) in [6.45, 7) is 4.38. The van der Waals surface area contributed by atoms with Gasteiger partial charge in [-0.05, 0) is 71.0 Å². The predicted molar refractivity (Wildman–Crippen MR) is 170 cm³/mol. The van der Waals surface area contributed by atoms with Crippen LogP contribution in [-0.2, 0) is 27.0 Å². The van der Waals surface area contributed by atoms with Crippen LogP contribution in [0.15, 0.2) is 97.1 Å². The first kappa shape index (κ1) is 31.1. The third-order valence-corrected chi connectivity index (χ3v) is 8.96. The summed E-state index contributed by atoms with van der Waals surface area (Å²) < 4.78 is 27.3. The molecule has 4 rings (SSSR count). The maximum absolute atomic E-state index is 13.1. The Labute approximate surface area is 248 Å². The summed E-state index contributed by atoms with van der Waals surface area (Å²) in [5.41, 5.74) is 4.07. The molecule has 0 saturated carbocycles. The molecule has 0 aromatic heterocycles. The maximum atomic E-state index is 13.1. The average molecular weight is 587 g/mol. The van der Waals surface area contributed by atoms with E-state index in [-0.39, 0.29) is 24.4 Å². The molecule has 0 spiro atoms. The summed E-state index contributed by atoms with van der Waals surface area (Å²) in [7, 11) is -2.16. The molecule has 8 heteroatoms. The van der Waals surface area contributed by atoms with E-state index in [1.54, 1.807) is 12.1 Å². The number of hydrogen-bond acceptors (Lipinski definition) is 5. The zero-order valence-corrected chi connectivity index (χ0v) is 25.0. The van der Waals surface area contributed by atoms with E-state index in [0.717, 1.165) is 29.2 Å². The van der Waals surface area contributed by atoms with Gasteiger partial charge in [-0.3, -0.25) is 0 Å². The summed E-state index contributed by atoms with van der Waals surface area (Å²) in [5, 5.41) is 25.3. The highest BCUT2D eigenvalue weighted by Gasteiger charge is 2.24. The molecule has 42 heavy (non-hydrogen) atoms. The van der Waals surface area contributed by atoms with Crippen molar-refractivity contribution in [2.75, 3.05) is 20.1 Å². The number of aliphatic hydroxyl groups excluding tert-OH is 1. The largest absolute Gasteiger partial charge is 0.478 e. The number of benzene rings is 4. The van der Waals surface area contributed by atoms with Gasteiger partial charge in [-0.1, -0.05) is 84.9 Å². The van der Waals surface area contributed by atoms with Crippen molar-refractivity contribution < 1.29 is 23.4 Å². The van der Waals surface area contributed by atoms with Gasteiger partial charge in [0, 0.05) is 31.8 Å². The molecule has 4 aromatic rings. The van der Waals surface area contributed by atoms with Crippen molar-refractivity contribution >= 4 is 32.8 Å². The normalized spacial score (nSPS) is 13.2. The molecule has 0 aliphatic heterocycles. The molecule has 0 bridgehead atoms.